The standard InChI is InChI=1S/C26H33N3O4/c1-20(2)27-14-12-24(13-15-27)33-23-10-8-22(9-11-23)29-17-16-28(18-25(29)30)26(31)32-19-21-6-4-3-5-7-21/h3-11,20,24H,12-19H2,1-2H3. The zero-order chi connectivity index (χ0) is 23.2. The van der Waals surface area contributed by atoms with Gasteiger partial charge in [0.05, 0.1) is 0 Å². The molecule has 2 heterocycles. The number of anilines is 1. The number of nitrogens with zero attached hydrogens (tertiary/aromatic N) is 3. The molecule has 2 aromatic carbocycles. The number of carbonyl (C=O) groups excluding carboxylic acids is 2. The summed E-state index contributed by atoms with van der Waals surface area (Å²) in [6.45, 7) is 7.68. The molecule has 0 saturated carbocycles. The van der Waals surface area contributed by atoms with Gasteiger partial charge in [-0.2, -0.15) is 0 Å². The number of benzene rings is 2. The number of likely N-dealkylation sites (tertiary alicyclic amines) is 1. The minimum Gasteiger partial charge on any atom is -0.490 e. The van der Waals surface area contributed by atoms with Crippen molar-refractivity contribution in [1.82, 2.24) is 9.80 Å². The normalized spacial score (nSPS) is 18.0. The fourth-order valence-corrected chi connectivity index (χ4v) is 4.32. The summed E-state index contributed by atoms with van der Waals surface area (Å²) in [6, 6.07) is 17.8. The van der Waals surface area contributed by atoms with Crippen LogP contribution in [0, 0.1) is 0 Å². The van der Waals surface area contributed by atoms with E-state index in [1.807, 2.05) is 54.6 Å². The Morgan fingerprint density at radius 1 is 0.970 bits per heavy atom. The highest BCUT2D eigenvalue weighted by Crippen LogP contribution is 2.24. The van der Waals surface area contributed by atoms with Gasteiger partial charge in [0.25, 0.3) is 0 Å². The van der Waals surface area contributed by atoms with Gasteiger partial charge in [-0.25, -0.2) is 4.79 Å². The Morgan fingerprint density at radius 2 is 1.67 bits per heavy atom. The molecule has 2 aliphatic rings. The minimum atomic E-state index is -0.459. The van der Waals surface area contributed by atoms with E-state index in [1.165, 1.54) is 4.90 Å². The van der Waals surface area contributed by atoms with Crippen molar-refractivity contribution in [2.24, 2.45) is 0 Å². The maximum absolute atomic E-state index is 12.7. The Labute approximate surface area is 195 Å². The van der Waals surface area contributed by atoms with E-state index in [1.54, 1.807) is 4.90 Å². The second kappa shape index (κ2) is 10.7. The van der Waals surface area contributed by atoms with Crippen LogP contribution in [-0.2, 0) is 16.1 Å². The predicted molar refractivity (Wildman–Crippen MR) is 127 cm³/mol. The van der Waals surface area contributed by atoms with E-state index in [2.05, 4.69) is 18.7 Å². The van der Waals surface area contributed by atoms with Gasteiger partial charge in [-0.15, -0.1) is 0 Å². The van der Waals surface area contributed by atoms with E-state index < -0.39 is 6.09 Å². The fraction of sp³-hybridized carbons (Fsp3) is 0.462. The minimum absolute atomic E-state index is 0.0142. The second-order valence-corrected chi connectivity index (χ2v) is 8.95. The van der Waals surface area contributed by atoms with Crippen LogP contribution in [0.5, 0.6) is 5.75 Å². The van der Waals surface area contributed by atoms with E-state index in [0.29, 0.717) is 19.1 Å². The van der Waals surface area contributed by atoms with Gasteiger partial charge < -0.3 is 19.3 Å². The van der Waals surface area contributed by atoms with Crippen molar-refractivity contribution < 1.29 is 19.1 Å². The third-order valence-corrected chi connectivity index (χ3v) is 6.34. The topological polar surface area (TPSA) is 62.3 Å². The Hall–Kier alpha value is -3.06. The molecule has 2 aromatic rings. The summed E-state index contributed by atoms with van der Waals surface area (Å²) < 4.78 is 11.5. The first kappa shape index (κ1) is 23.1. The molecule has 33 heavy (non-hydrogen) atoms. The molecule has 0 bridgehead atoms. The third-order valence-electron chi connectivity index (χ3n) is 6.34. The molecular formula is C26H33N3O4. The molecule has 0 unspecified atom stereocenters. The molecule has 0 aliphatic carbocycles. The van der Waals surface area contributed by atoms with Gasteiger partial charge in [-0.3, -0.25) is 9.69 Å². The lowest BCUT2D eigenvalue weighted by Crippen LogP contribution is -2.52. The van der Waals surface area contributed by atoms with Crippen molar-refractivity contribution in [1.29, 1.82) is 0 Å². The molecule has 2 aliphatic heterocycles. The zero-order valence-corrected chi connectivity index (χ0v) is 19.5. The van der Waals surface area contributed by atoms with E-state index in [0.717, 1.165) is 42.9 Å². The lowest BCUT2D eigenvalue weighted by atomic mass is 10.1. The Bertz CT molecular complexity index is 924. The van der Waals surface area contributed by atoms with E-state index in [9.17, 15) is 9.59 Å². The SMILES string of the molecule is CC(C)N1CCC(Oc2ccc(N3CCN(C(=O)OCc4ccccc4)CC3=O)cc2)CC1. The average molecular weight is 452 g/mol. The van der Waals surface area contributed by atoms with Crippen LogP contribution < -0.4 is 9.64 Å². The highest BCUT2D eigenvalue weighted by Gasteiger charge is 2.29. The molecule has 0 radical (unpaired) electrons. The zero-order valence-electron chi connectivity index (χ0n) is 19.5. The first-order valence-electron chi connectivity index (χ1n) is 11.8. The van der Waals surface area contributed by atoms with Crippen LogP contribution in [0.3, 0.4) is 0 Å². The second-order valence-electron chi connectivity index (χ2n) is 8.95. The lowest BCUT2D eigenvalue weighted by Gasteiger charge is -2.35. The predicted octanol–water partition coefficient (Wildman–Crippen LogP) is 3.92. The molecule has 176 valence electrons. The number of hydrogen-bond acceptors (Lipinski definition) is 5. The summed E-state index contributed by atoms with van der Waals surface area (Å²) in [5.74, 6) is 0.713. The molecule has 0 aromatic heterocycles. The number of amides is 2. The first-order chi connectivity index (χ1) is 16.0. The fourth-order valence-electron chi connectivity index (χ4n) is 4.32. The summed E-state index contributed by atoms with van der Waals surface area (Å²) in [5, 5.41) is 0. The van der Waals surface area contributed by atoms with Crippen molar-refractivity contribution in [3.8, 4) is 5.75 Å². The number of carbonyl (C=O) groups is 2. The number of piperazine rings is 1. The van der Waals surface area contributed by atoms with Crippen LogP contribution >= 0.6 is 0 Å². The average Bonchev–Trinajstić information content (AvgIpc) is 2.84. The molecule has 2 fully saturated rings. The van der Waals surface area contributed by atoms with Gasteiger partial charge in [0, 0.05) is 37.9 Å². The van der Waals surface area contributed by atoms with Crippen molar-refractivity contribution >= 4 is 17.7 Å². The number of piperidine rings is 1. The summed E-state index contributed by atoms with van der Waals surface area (Å²) in [6.07, 6.45) is 1.83. The summed E-state index contributed by atoms with van der Waals surface area (Å²) in [7, 11) is 0. The van der Waals surface area contributed by atoms with Crippen molar-refractivity contribution in [3.05, 3.63) is 60.2 Å². The molecular weight excluding hydrogens is 418 g/mol. The van der Waals surface area contributed by atoms with Crippen LogP contribution in [0.1, 0.15) is 32.3 Å². The van der Waals surface area contributed by atoms with Gasteiger partial charge in [-0.05, 0) is 56.5 Å². The molecule has 7 nitrogen and oxygen atoms in total. The van der Waals surface area contributed by atoms with Crippen molar-refractivity contribution in [3.63, 3.8) is 0 Å². The molecule has 2 amide bonds. The monoisotopic (exact) mass is 451 g/mol. The van der Waals surface area contributed by atoms with Gasteiger partial charge in [0.15, 0.2) is 0 Å². The first-order valence-corrected chi connectivity index (χ1v) is 11.8. The van der Waals surface area contributed by atoms with Gasteiger partial charge in [-0.1, -0.05) is 30.3 Å². The highest BCUT2D eigenvalue weighted by molar-refractivity contribution is 5.97. The van der Waals surface area contributed by atoms with Crippen LogP contribution in [-0.4, -0.2) is 66.7 Å². The van der Waals surface area contributed by atoms with Crippen molar-refractivity contribution in [2.45, 2.75) is 45.4 Å². The van der Waals surface area contributed by atoms with Crippen molar-refractivity contribution in [2.75, 3.05) is 37.6 Å². The van der Waals surface area contributed by atoms with Crippen LogP contribution in [0.4, 0.5) is 10.5 Å². The van der Waals surface area contributed by atoms with Crippen LogP contribution in [0.25, 0.3) is 0 Å². The quantitative estimate of drug-likeness (QED) is 0.666. The maximum atomic E-state index is 12.7. The van der Waals surface area contributed by atoms with Gasteiger partial charge in [0.1, 0.15) is 25.0 Å². The Morgan fingerprint density at radius 3 is 2.30 bits per heavy atom. The number of hydrogen-bond donors (Lipinski definition) is 0. The van der Waals surface area contributed by atoms with E-state index >= 15 is 0 Å². The Balaban J connectivity index is 1.25. The summed E-state index contributed by atoms with van der Waals surface area (Å²) in [4.78, 5) is 30.7. The Kier molecular flexibility index (Phi) is 7.50. The molecule has 0 N–H and O–H groups in total. The lowest BCUT2D eigenvalue weighted by molar-refractivity contribution is -0.120. The number of rotatable bonds is 6. The summed E-state index contributed by atoms with van der Waals surface area (Å²) >= 11 is 0. The van der Waals surface area contributed by atoms with Gasteiger partial charge >= 0.3 is 6.09 Å². The summed E-state index contributed by atoms with van der Waals surface area (Å²) in [5.41, 5.74) is 1.74. The molecule has 7 heteroatoms. The van der Waals surface area contributed by atoms with E-state index in [4.69, 9.17) is 9.47 Å². The van der Waals surface area contributed by atoms with Gasteiger partial charge in [0.2, 0.25) is 5.91 Å². The highest BCUT2D eigenvalue weighted by atomic mass is 16.6. The molecule has 0 atom stereocenters. The van der Waals surface area contributed by atoms with E-state index in [-0.39, 0.29) is 25.2 Å². The molecule has 2 saturated heterocycles. The maximum Gasteiger partial charge on any atom is 0.410 e. The van der Waals surface area contributed by atoms with Crippen LogP contribution in [0.15, 0.2) is 54.6 Å². The third kappa shape index (κ3) is 6.05. The number of ether oxygens (including phenoxy) is 2. The molecule has 4 rings (SSSR count). The molecule has 0 spiro atoms. The van der Waals surface area contributed by atoms with Crippen LogP contribution in [0.2, 0.25) is 0 Å². The largest absolute Gasteiger partial charge is 0.490 e. The smallest absolute Gasteiger partial charge is 0.410 e.